The molecule has 33 heavy (non-hydrogen) atoms. The molecule has 0 spiro atoms. The molecule has 0 saturated carbocycles. The van der Waals surface area contributed by atoms with Crippen LogP contribution in [-0.4, -0.2) is 61.3 Å². The van der Waals surface area contributed by atoms with Crippen LogP contribution in [0, 0.1) is 5.41 Å². The predicted octanol–water partition coefficient (Wildman–Crippen LogP) is 4.40. The molecule has 2 aliphatic heterocycles. The number of rotatable bonds is 6. The van der Waals surface area contributed by atoms with Gasteiger partial charge in [-0.15, -0.1) is 23.2 Å². The Kier molecular flexibility index (Phi) is 7.94. The first-order chi connectivity index (χ1) is 15.8. The molecule has 180 valence electrons. The fourth-order valence-corrected chi connectivity index (χ4v) is 5.03. The van der Waals surface area contributed by atoms with E-state index < -0.39 is 18.0 Å². The first-order valence-electron chi connectivity index (χ1n) is 11.3. The molecule has 0 aromatic carbocycles. The maximum atomic E-state index is 13.0. The molecule has 2 saturated heterocycles. The first-order valence-corrected chi connectivity index (χ1v) is 12.4. The summed E-state index contributed by atoms with van der Waals surface area (Å²) in [5, 5.41) is 0. The highest BCUT2D eigenvalue weighted by molar-refractivity contribution is 6.18. The number of ketones is 2. The summed E-state index contributed by atoms with van der Waals surface area (Å²) < 4.78 is 22.5. The molecule has 0 bridgehead atoms. The molecule has 2 fully saturated rings. The molecule has 4 atom stereocenters. The van der Waals surface area contributed by atoms with Gasteiger partial charge in [0, 0.05) is 29.4 Å². The highest BCUT2D eigenvalue weighted by Crippen LogP contribution is 2.42. The average Bonchev–Trinajstić information content (AvgIpc) is 3.42. The van der Waals surface area contributed by atoms with Crippen LogP contribution in [0.15, 0.2) is 46.6 Å². The molecule has 0 aromatic rings. The van der Waals surface area contributed by atoms with Crippen molar-refractivity contribution in [1.82, 2.24) is 0 Å². The quantitative estimate of drug-likeness (QED) is 0.400. The minimum absolute atomic E-state index is 0.0271. The molecule has 4 unspecified atom stereocenters. The normalized spacial score (nSPS) is 33.7. The maximum absolute atomic E-state index is 13.0. The molecule has 0 aromatic heterocycles. The van der Waals surface area contributed by atoms with Crippen molar-refractivity contribution in [3.8, 4) is 0 Å². The SMILES string of the molecule is CC(C)(C1=CCC(=CC2OCC(CCl)O2)CC1=O)C1=CCC(=CC2OCC(CCl)O2)CC1=O. The van der Waals surface area contributed by atoms with E-state index >= 15 is 0 Å². The summed E-state index contributed by atoms with van der Waals surface area (Å²) in [4.78, 5) is 26.1. The van der Waals surface area contributed by atoms with Gasteiger partial charge in [0.15, 0.2) is 24.1 Å². The van der Waals surface area contributed by atoms with Crippen molar-refractivity contribution >= 4 is 34.8 Å². The van der Waals surface area contributed by atoms with Crippen molar-refractivity contribution in [2.45, 2.75) is 64.3 Å². The summed E-state index contributed by atoms with van der Waals surface area (Å²) in [6.07, 6.45) is 8.33. The van der Waals surface area contributed by atoms with Gasteiger partial charge >= 0.3 is 0 Å². The fourth-order valence-electron chi connectivity index (χ4n) is 4.71. The number of hydrogen-bond donors (Lipinski definition) is 0. The van der Waals surface area contributed by atoms with Gasteiger partial charge < -0.3 is 18.9 Å². The van der Waals surface area contributed by atoms with Crippen LogP contribution in [0.25, 0.3) is 0 Å². The Bertz CT molecular complexity index is 844. The second kappa shape index (κ2) is 10.5. The minimum Gasteiger partial charge on any atom is -0.346 e. The van der Waals surface area contributed by atoms with Crippen LogP contribution in [0.1, 0.15) is 39.5 Å². The number of allylic oxidation sites excluding steroid dienone is 6. The number of Topliss-reactive ketones (excluding diaryl/α,β-unsaturated/α-hetero) is 2. The third kappa shape index (κ3) is 5.69. The van der Waals surface area contributed by atoms with Crippen molar-refractivity contribution < 1.29 is 28.5 Å². The Morgan fingerprint density at radius 2 is 1.27 bits per heavy atom. The number of halogens is 2. The smallest absolute Gasteiger partial charge is 0.177 e. The molecule has 0 radical (unpaired) electrons. The zero-order chi connectivity index (χ0) is 23.6. The van der Waals surface area contributed by atoms with E-state index in [0.717, 1.165) is 11.1 Å². The fraction of sp³-hybridized carbons (Fsp3) is 0.600. The second-order valence-electron chi connectivity index (χ2n) is 9.35. The lowest BCUT2D eigenvalue weighted by Crippen LogP contribution is -2.31. The van der Waals surface area contributed by atoms with Gasteiger partial charge in [0.2, 0.25) is 0 Å². The van der Waals surface area contributed by atoms with Gasteiger partial charge in [0.1, 0.15) is 0 Å². The van der Waals surface area contributed by atoms with Crippen molar-refractivity contribution in [3.05, 3.63) is 46.6 Å². The summed E-state index contributed by atoms with van der Waals surface area (Å²) in [6, 6.07) is 0. The van der Waals surface area contributed by atoms with Crippen LogP contribution in [0.3, 0.4) is 0 Å². The van der Waals surface area contributed by atoms with E-state index in [1.807, 2.05) is 38.2 Å². The summed E-state index contributed by atoms with van der Waals surface area (Å²) in [7, 11) is 0. The number of ether oxygens (including phenoxy) is 4. The van der Waals surface area contributed by atoms with Crippen LogP contribution in [0.2, 0.25) is 0 Å². The van der Waals surface area contributed by atoms with Gasteiger partial charge in [0.25, 0.3) is 0 Å². The molecular weight excluding hydrogens is 467 g/mol. The minimum atomic E-state index is -0.653. The third-order valence-electron chi connectivity index (χ3n) is 6.49. The van der Waals surface area contributed by atoms with Crippen LogP contribution in [-0.2, 0) is 28.5 Å². The molecule has 6 nitrogen and oxygen atoms in total. The summed E-state index contributed by atoms with van der Waals surface area (Å²) in [5.74, 6) is 0.815. The molecular formula is C25H30Cl2O6. The second-order valence-corrected chi connectivity index (χ2v) is 9.96. The van der Waals surface area contributed by atoms with Crippen LogP contribution in [0.5, 0.6) is 0 Å². The first kappa shape index (κ1) is 24.8. The molecule has 8 heteroatoms. The van der Waals surface area contributed by atoms with E-state index in [-0.39, 0.29) is 23.8 Å². The lowest BCUT2D eigenvalue weighted by atomic mass is 9.68. The zero-order valence-electron chi connectivity index (χ0n) is 19.0. The van der Waals surface area contributed by atoms with Gasteiger partial charge in [-0.3, -0.25) is 9.59 Å². The topological polar surface area (TPSA) is 71.1 Å². The van der Waals surface area contributed by atoms with Gasteiger partial charge in [-0.1, -0.05) is 37.1 Å². The van der Waals surface area contributed by atoms with E-state index in [9.17, 15) is 9.59 Å². The third-order valence-corrected chi connectivity index (χ3v) is 7.18. The standard InChI is InChI=1S/C25H30Cl2O6/c1-25(2,19-5-3-15(7-21(19)28)9-23-30-13-17(11-26)32-23)20-6-4-16(8-22(20)29)10-24-31-14-18(12-27)33-24/h5-6,9-10,17-18,23-24H,3-4,7-8,11-14H2,1-2H3. The van der Waals surface area contributed by atoms with Crippen molar-refractivity contribution in [1.29, 1.82) is 0 Å². The molecule has 4 aliphatic rings. The van der Waals surface area contributed by atoms with E-state index in [1.165, 1.54) is 0 Å². The monoisotopic (exact) mass is 496 g/mol. The number of alkyl halides is 2. The molecule has 2 aliphatic carbocycles. The van der Waals surface area contributed by atoms with Crippen LogP contribution >= 0.6 is 23.2 Å². The summed E-state index contributed by atoms with van der Waals surface area (Å²) in [5.41, 5.74) is 2.64. The number of carbonyl (C=O) groups excluding carboxylic acids is 2. The van der Waals surface area contributed by atoms with E-state index in [2.05, 4.69) is 0 Å². The maximum Gasteiger partial charge on any atom is 0.177 e. The Balaban J connectivity index is 1.43. The Morgan fingerprint density at radius 3 is 1.61 bits per heavy atom. The van der Waals surface area contributed by atoms with Crippen LogP contribution < -0.4 is 0 Å². The van der Waals surface area contributed by atoms with E-state index in [1.54, 1.807) is 0 Å². The molecule has 4 rings (SSSR count). The van der Waals surface area contributed by atoms with E-state index in [0.29, 0.717) is 61.8 Å². The highest BCUT2D eigenvalue weighted by Gasteiger charge is 2.38. The molecule has 0 N–H and O–H groups in total. The highest BCUT2D eigenvalue weighted by atomic mass is 35.5. The van der Waals surface area contributed by atoms with Crippen LogP contribution in [0.4, 0.5) is 0 Å². The summed E-state index contributed by atoms with van der Waals surface area (Å²) in [6.45, 7) is 4.82. The van der Waals surface area contributed by atoms with Crippen molar-refractivity contribution in [3.63, 3.8) is 0 Å². The lowest BCUT2D eigenvalue weighted by Gasteiger charge is -2.34. The summed E-state index contributed by atoms with van der Waals surface area (Å²) >= 11 is 11.6. The van der Waals surface area contributed by atoms with Gasteiger partial charge in [-0.25, -0.2) is 0 Å². The van der Waals surface area contributed by atoms with Gasteiger partial charge in [-0.05, 0) is 25.0 Å². The zero-order valence-corrected chi connectivity index (χ0v) is 20.5. The largest absolute Gasteiger partial charge is 0.346 e. The molecule has 2 heterocycles. The Morgan fingerprint density at radius 1 is 0.848 bits per heavy atom. The predicted molar refractivity (Wildman–Crippen MR) is 125 cm³/mol. The molecule has 0 amide bonds. The number of carbonyl (C=O) groups is 2. The van der Waals surface area contributed by atoms with Crippen molar-refractivity contribution in [2.75, 3.05) is 25.0 Å². The van der Waals surface area contributed by atoms with Crippen molar-refractivity contribution in [2.24, 2.45) is 5.41 Å². The number of hydrogen-bond acceptors (Lipinski definition) is 6. The van der Waals surface area contributed by atoms with Gasteiger partial charge in [-0.2, -0.15) is 0 Å². The lowest BCUT2D eigenvalue weighted by molar-refractivity contribution is -0.116. The van der Waals surface area contributed by atoms with Gasteiger partial charge in [0.05, 0.1) is 37.2 Å². The average molecular weight is 497 g/mol. The van der Waals surface area contributed by atoms with E-state index in [4.69, 9.17) is 42.1 Å². The Labute approximate surface area is 204 Å². The Hall–Kier alpha value is -1.28.